The lowest BCUT2D eigenvalue weighted by Crippen LogP contribution is -2.30. The molecule has 0 bridgehead atoms. The van der Waals surface area contributed by atoms with Gasteiger partial charge in [0.15, 0.2) is 0 Å². The van der Waals surface area contributed by atoms with Gasteiger partial charge in [-0.3, -0.25) is 19.6 Å². The number of benzene rings is 3. The standard InChI is InChI=1S/C25H26N4O4/c1-16-3-5-18(6-4-16)24(31)28-22-14-20(13-21(15-22)23(30)27-12-11-26-2)17-7-9-19(10-8-17)25(32)29-33/h3-10,13-15,26,33H,11-12H2,1-2H3,(H,27,30)(H,28,31)(H,29,32). The van der Waals surface area contributed by atoms with E-state index in [2.05, 4.69) is 16.0 Å². The highest BCUT2D eigenvalue weighted by molar-refractivity contribution is 6.06. The summed E-state index contributed by atoms with van der Waals surface area (Å²) < 4.78 is 0. The van der Waals surface area contributed by atoms with Crippen molar-refractivity contribution in [2.45, 2.75) is 6.92 Å². The number of hydrogen-bond acceptors (Lipinski definition) is 5. The van der Waals surface area contributed by atoms with Crippen LogP contribution in [0.25, 0.3) is 11.1 Å². The SMILES string of the molecule is CNCCNC(=O)c1cc(NC(=O)c2ccc(C)cc2)cc(-c2ccc(C(=O)NO)cc2)c1. The van der Waals surface area contributed by atoms with Gasteiger partial charge in [0.1, 0.15) is 0 Å². The summed E-state index contributed by atoms with van der Waals surface area (Å²) in [5.41, 5.74) is 5.71. The maximum atomic E-state index is 12.7. The molecule has 0 saturated carbocycles. The zero-order valence-electron chi connectivity index (χ0n) is 18.4. The van der Waals surface area contributed by atoms with Gasteiger partial charge in [-0.1, -0.05) is 29.8 Å². The highest BCUT2D eigenvalue weighted by Crippen LogP contribution is 2.26. The Morgan fingerprint density at radius 3 is 2.00 bits per heavy atom. The van der Waals surface area contributed by atoms with Gasteiger partial charge in [0.2, 0.25) is 0 Å². The third-order valence-corrected chi connectivity index (χ3v) is 5.01. The van der Waals surface area contributed by atoms with Crippen LogP contribution in [-0.4, -0.2) is 43.1 Å². The number of carbonyl (C=O) groups is 3. The Hall–Kier alpha value is -4.01. The van der Waals surface area contributed by atoms with Gasteiger partial charge < -0.3 is 16.0 Å². The molecule has 3 amide bonds. The number of amides is 3. The van der Waals surface area contributed by atoms with E-state index in [9.17, 15) is 14.4 Å². The molecule has 0 spiro atoms. The van der Waals surface area contributed by atoms with Crippen molar-refractivity contribution in [3.05, 3.63) is 89.0 Å². The van der Waals surface area contributed by atoms with Crippen LogP contribution in [0, 0.1) is 6.92 Å². The summed E-state index contributed by atoms with van der Waals surface area (Å²) in [4.78, 5) is 37.0. The van der Waals surface area contributed by atoms with Crippen LogP contribution in [0.4, 0.5) is 5.69 Å². The smallest absolute Gasteiger partial charge is 0.274 e. The van der Waals surface area contributed by atoms with Crippen LogP contribution in [0.3, 0.4) is 0 Å². The fourth-order valence-electron chi connectivity index (χ4n) is 3.19. The normalized spacial score (nSPS) is 10.4. The Morgan fingerprint density at radius 2 is 1.36 bits per heavy atom. The zero-order chi connectivity index (χ0) is 23.8. The molecule has 3 aromatic rings. The van der Waals surface area contributed by atoms with Crippen molar-refractivity contribution < 1.29 is 19.6 Å². The van der Waals surface area contributed by atoms with Crippen LogP contribution in [0.2, 0.25) is 0 Å². The fraction of sp³-hybridized carbons (Fsp3) is 0.160. The first-order valence-corrected chi connectivity index (χ1v) is 10.4. The molecule has 0 aliphatic rings. The molecule has 170 valence electrons. The van der Waals surface area contributed by atoms with E-state index in [1.807, 2.05) is 19.1 Å². The highest BCUT2D eigenvalue weighted by Gasteiger charge is 2.13. The first-order valence-electron chi connectivity index (χ1n) is 10.4. The average molecular weight is 447 g/mol. The van der Waals surface area contributed by atoms with E-state index in [0.717, 1.165) is 11.1 Å². The number of aryl methyl sites for hydroxylation is 1. The van der Waals surface area contributed by atoms with Crippen molar-refractivity contribution in [3.8, 4) is 11.1 Å². The molecular weight excluding hydrogens is 420 g/mol. The Kier molecular flexibility index (Phi) is 7.91. The topological polar surface area (TPSA) is 120 Å². The summed E-state index contributed by atoms with van der Waals surface area (Å²) in [5.74, 6) is -1.18. The van der Waals surface area contributed by atoms with E-state index in [1.165, 1.54) is 0 Å². The molecule has 0 aliphatic heterocycles. The van der Waals surface area contributed by atoms with Crippen molar-refractivity contribution in [3.63, 3.8) is 0 Å². The van der Waals surface area contributed by atoms with E-state index in [4.69, 9.17) is 5.21 Å². The molecule has 0 unspecified atom stereocenters. The Labute approximate surface area is 192 Å². The molecule has 0 aromatic heterocycles. The second-order valence-corrected chi connectivity index (χ2v) is 7.50. The molecular formula is C25H26N4O4. The summed E-state index contributed by atoms with van der Waals surface area (Å²) in [6.07, 6.45) is 0. The Balaban J connectivity index is 1.93. The lowest BCUT2D eigenvalue weighted by atomic mass is 10.00. The van der Waals surface area contributed by atoms with E-state index < -0.39 is 5.91 Å². The summed E-state index contributed by atoms with van der Waals surface area (Å²) in [5, 5.41) is 17.5. The number of hydrogen-bond donors (Lipinski definition) is 5. The van der Waals surface area contributed by atoms with Gasteiger partial charge in [0.05, 0.1) is 0 Å². The molecule has 0 radical (unpaired) electrons. The summed E-state index contributed by atoms with van der Waals surface area (Å²) in [7, 11) is 1.80. The monoisotopic (exact) mass is 446 g/mol. The number of hydroxylamine groups is 1. The maximum Gasteiger partial charge on any atom is 0.274 e. The molecule has 0 saturated heterocycles. The Morgan fingerprint density at radius 1 is 0.727 bits per heavy atom. The minimum Gasteiger partial charge on any atom is -0.351 e. The van der Waals surface area contributed by atoms with Gasteiger partial charge in [-0.25, -0.2) is 5.48 Å². The van der Waals surface area contributed by atoms with Gasteiger partial charge >= 0.3 is 0 Å². The van der Waals surface area contributed by atoms with Gasteiger partial charge in [-0.2, -0.15) is 0 Å². The van der Waals surface area contributed by atoms with Crippen molar-refractivity contribution in [1.29, 1.82) is 0 Å². The summed E-state index contributed by atoms with van der Waals surface area (Å²) in [6, 6.07) is 18.8. The molecule has 8 heteroatoms. The van der Waals surface area contributed by atoms with Gasteiger partial charge in [-0.05, 0) is 67.6 Å². The van der Waals surface area contributed by atoms with Crippen LogP contribution in [0.1, 0.15) is 36.6 Å². The fourth-order valence-corrected chi connectivity index (χ4v) is 3.19. The van der Waals surface area contributed by atoms with Crippen LogP contribution >= 0.6 is 0 Å². The minimum atomic E-state index is -0.620. The lowest BCUT2D eigenvalue weighted by molar-refractivity contribution is 0.0706. The van der Waals surface area contributed by atoms with E-state index in [0.29, 0.717) is 35.5 Å². The molecule has 8 nitrogen and oxygen atoms in total. The molecule has 0 heterocycles. The molecule has 0 atom stereocenters. The summed E-state index contributed by atoms with van der Waals surface area (Å²) in [6.45, 7) is 3.02. The first-order chi connectivity index (χ1) is 15.9. The van der Waals surface area contributed by atoms with Gasteiger partial charge in [0.25, 0.3) is 17.7 Å². The highest BCUT2D eigenvalue weighted by atomic mass is 16.5. The number of rotatable bonds is 8. The average Bonchev–Trinajstić information content (AvgIpc) is 2.84. The quantitative estimate of drug-likeness (QED) is 0.207. The van der Waals surface area contributed by atoms with E-state index in [1.54, 1.807) is 67.1 Å². The third kappa shape index (κ3) is 6.25. The molecule has 33 heavy (non-hydrogen) atoms. The summed E-state index contributed by atoms with van der Waals surface area (Å²) >= 11 is 0. The second kappa shape index (κ2) is 11.0. The largest absolute Gasteiger partial charge is 0.351 e. The Bertz CT molecular complexity index is 1140. The second-order valence-electron chi connectivity index (χ2n) is 7.50. The maximum absolute atomic E-state index is 12.7. The molecule has 5 N–H and O–H groups in total. The number of carbonyl (C=O) groups excluding carboxylic acids is 3. The van der Waals surface area contributed by atoms with Crippen molar-refractivity contribution in [1.82, 2.24) is 16.1 Å². The van der Waals surface area contributed by atoms with Crippen molar-refractivity contribution in [2.24, 2.45) is 0 Å². The third-order valence-electron chi connectivity index (χ3n) is 5.01. The van der Waals surface area contributed by atoms with Crippen LogP contribution < -0.4 is 21.4 Å². The first kappa shape index (κ1) is 23.6. The predicted octanol–water partition coefficient (Wildman–Crippen LogP) is 2.98. The predicted molar refractivity (Wildman–Crippen MR) is 127 cm³/mol. The minimum absolute atomic E-state index is 0.269. The van der Waals surface area contributed by atoms with Crippen LogP contribution in [0.5, 0.6) is 0 Å². The zero-order valence-corrected chi connectivity index (χ0v) is 18.4. The van der Waals surface area contributed by atoms with Crippen molar-refractivity contribution >= 4 is 23.4 Å². The van der Waals surface area contributed by atoms with E-state index >= 15 is 0 Å². The van der Waals surface area contributed by atoms with Crippen molar-refractivity contribution in [2.75, 3.05) is 25.5 Å². The lowest BCUT2D eigenvalue weighted by Gasteiger charge is -2.12. The van der Waals surface area contributed by atoms with Gasteiger partial charge in [-0.15, -0.1) is 0 Å². The number of nitrogens with one attached hydrogen (secondary N) is 4. The molecule has 3 rings (SSSR count). The molecule has 0 fully saturated rings. The van der Waals surface area contributed by atoms with Crippen LogP contribution in [-0.2, 0) is 0 Å². The number of likely N-dealkylation sites (N-methyl/N-ethyl adjacent to an activating group) is 1. The molecule has 3 aromatic carbocycles. The number of anilines is 1. The van der Waals surface area contributed by atoms with Crippen LogP contribution in [0.15, 0.2) is 66.7 Å². The molecule has 0 aliphatic carbocycles. The van der Waals surface area contributed by atoms with Gasteiger partial charge in [0, 0.05) is 35.5 Å². The van der Waals surface area contributed by atoms with E-state index in [-0.39, 0.29) is 17.4 Å².